The molecule has 0 bridgehead atoms. The molecule has 0 aromatic carbocycles. The molecule has 26 heavy (non-hydrogen) atoms. The van der Waals surface area contributed by atoms with Gasteiger partial charge >= 0.3 is 0 Å². The second-order valence-electron chi connectivity index (χ2n) is 7.32. The standard InChI is InChI=1S/C20H37BrN4O/c1-6-8-10-12-24(13-11-9-7-2)15-16(3)23-20(26)18(5)25-17(4)19(21)14-22-25/h14,16,18H,6-13,15H2,1-5H3,(H,23,26). The van der Waals surface area contributed by atoms with Crippen molar-refractivity contribution in [1.29, 1.82) is 0 Å². The average Bonchev–Trinajstić information content (AvgIpc) is 2.93. The summed E-state index contributed by atoms with van der Waals surface area (Å²) in [6.07, 6.45) is 9.24. The van der Waals surface area contributed by atoms with Gasteiger partial charge < -0.3 is 10.2 Å². The molecule has 0 aliphatic heterocycles. The fraction of sp³-hybridized carbons (Fsp3) is 0.800. The molecule has 1 N–H and O–H groups in total. The first-order valence-electron chi connectivity index (χ1n) is 10.1. The Morgan fingerprint density at radius 2 is 1.77 bits per heavy atom. The molecule has 1 aromatic rings. The summed E-state index contributed by atoms with van der Waals surface area (Å²) in [5.74, 6) is 0.0262. The number of carbonyl (C=O) groups excluding carboxylic acids is 1. The number of amides is 1. The van der Waals surface area contributed by atoms with Gasteiger partial charge in [-0.1, -0.05) is 39.5 Å². The van der Waals surface area contributed by atoms with E-state index in [1.165, 1.54) is 38.5 Å². The van der Waals surface area contributed by atoms with Crippen molar-refractivity contribution >= 4 is 21.8 Å². The molecule has 6 heteroatoms. The SMILES string of the molecule is CCCCCN(CCCCC)CC(C)NC(=O)C(C)n1ncc(Br)c1C. The maximum atomic E-state index is 12.6. The molecule has 1 rings (SSSR count). The van der Waals surface area contributed by atoms with Gasteiger partial charge in [-0.25, -0.2) is 0 Å². The summed E-state index contributed by atoms with van der Waals surface area (Å²) >= 11 is 3.46. The minimum atomic E-state index is -0.308. The first-order valence-corrected chi connectivity index (χ1v) is 10.9. The van der Waals surface area contributed by atoms with Crippen LogP contribution in [0.5, 0.6) is 0 Å². The number of halogens is 1. The van der Waals surface area contributed by atoms with Crippen LogP contribution in [0.4, 0.5) is 0 Å². The van der Waals surface area contributed by atoms with Crippen molar-refractivity contribution in [3.8, 4) is 0 Å². The normalized spacial score (nSPS) is 13.8. The first-order chi connectivity index (χ1) is 12.4. The predicted octanol–water partition coefficient (Wildman–Crippen LogP) is 4.70. The second kappa shape index (κ2) is 12.5. The van der Waals surface area contributed by atoms with Crippen LogP contribution in [0.15, 0.2) is 10.7 Å². The van der Waals surface area contributed by atoms with E-state index in [9.17, 15) is 4.79 Å². The zero-order chi connectivity index (χ0) is 19.5. The largest absolute Gasteiger partial charge is 0.351 e. The first kappa shape index (κ1) is 23.2. The summed E-state index contributed by atoms with van der Waals surface area (Å²) in [4.78, 5) is 15.1. The molecule has 0 aliphatic carbocycles. The van der Waals surface area contributed by atoms with Crippen LogP contribution in [0.25, 0.3) is 0 Å². The number of carbonyl (C=O) groups is 1. The van der Waals surface area contributed by atoms with E-state index in [1.54, 1.807) is 10.9 Å². The lowest BCUT2D eigenvalue weighted by Crippen LogP contribution is -2.44. The summed E-state index contributed by atoms with van der Waals surface area (Å²) in [5, 5.41) is 7.47. The fourth-order valence-electron chi connectivity index (χ4n) is 3.17. The van der Waals surface area contributed by atoms with Crippen molar-refractivity contribution in [3.63, 3.8) is 0 Å². The smallest absolute Gasteiger partial charge is 0.244 e. The lowest BCUT2D eigenvalue weighted by Gasteiger charge is -2.27. The summed E-state index contributed by atoms with van der Waals surface area (Å²) in [7, 11) is 0. The third-order valence-corrected chi connectivity index (χ3v) is 5.59. The van der Waals surface area contributed by atoms with Crippen LogP contribution in [-0.2, 0) is 4.79 Å². The number of nitrogens with zero attached hydrogens (tertiary/aromatic N) is 3. The van der Waals surface area contributed by atoms with Crippen molar-refractivity contribution < 1.29 is 4.79 Å². The Labute approximate surface area is 168 Å². The van der Waals surface area contributed by atoms with E-state index in [-0.39, 0.29) is 18.0 Å². The molecule has 1 amide bonds. The van der Waals surface area contributed by atoms with Crippen molar-refractivity contribution in [2.45, 2.75) is 85.2 Å². The zero-order valence-electron chi connectivity index (χ0n) is 17.2. The number of rotatable bonds is 13. The Hall–Kier alpha value is -0.880. The predicted molar refractivity (Wildman–Crippen MR) is 112 cm³/mol. The van der Waals surface area contributed by atoms with Gasteiger partial charge in [0.25, 0.3) is 0 Å². The maximum Gasteiger partial charge on any atom is 0.244 e. The molecule has 0 saturated carbocycles. The molecule has 2 atom stereocenters. The Morgan fingerprint density at radius 3 is 2.23 bits per heavy atom. The Bertz CT molecular complexity index is 522. The molecule has 0 spiro atoms. The van der Waals surface area contributed by atoms with Crippen LogP contribution in [0, 0.1) is 6.92 Å². The maximum absolute atomic E-state index is 12.6. The lowest BCUT2D eigenvalue weighted by molar-refractivity contribution is -0.124. The molecule has 0 radical (unpaired) electrons. The van der Waals surface area contributed by atoms with Gasteiger partial charge in [0.2, 0.25) is 5.91 Å². The van der Waals surface area contributed by atoms with E-state index >= 15 is 0 Å². The molecule has 0 saturated heterocycles. The Balaban J connectivity index is 2.54. The van der Waals surface area contributed by atoms with Crippen molar-refractivity contribution in [3.05, 3.63) is 16.4 Å². The van der Waals surface area contributed by atoms with Gasteiger partial charge in [0.15, 0.2) is 0 Å². The number of aromatic nitrogens is 2. The monoisotopic (exact) mass is 428 g/mol. The third kappa shape index (κ3) is 7.78. The van der Waals surface area contributed by atoms with Crippen LogP contribution in [0.1, 0.15) is 78.0 Å². The van der Waals surface area contributed by atoms with E-state index in [1.807, 2.05) is 13.8 Å². The second-order valence-corrected chi connectivity index (χ2v) is 8.18. The van der Waals surface area contributed by atoms with Crippen LogP contribution >= 0.6 is 15.9 Å². The van der Waals surface area contributed by atoms with Gasteiger partial charge in [0, 0.05) is 12.6 Å². The molecule has 0 aliphatic rings. The summed E-state index contributed by atoms with van der Waals surface area (Å²) < 4.78 is 2.70. The number of unbranched alkanes of at least 4 members (excludes halogenated alkanes) is 4. The fourth-order valence-corrected chi connectivity index (χ4v) is 3.44. The molecular weight excluding hydrogens is 392 g/mol. The van der Waals surface area contributed by atoms with E-state index < -0.39 is 0 Å². The average molecular weight is 429 g/mol. The zero-order valence-corrected chi connectivity index (χ0v) is 18.8. The highest BCUT2D eigenvalue weighted by molar-refractivity contribution is 9.10. The summed E-state index contributed by atoms with van der Waals surface area (Å²) in [6, 6.07) is -0.176. The number of nitrogens with one attached hydrogen (secondary N) is 1. The highest BCUT2D eigenvalue weighted by Gasteiger charge is 2.21. The van der Waals surface area contributed by atoms with E-state index in [4.69, 9.17) is 0 Å². The van der Waals surface area contributed by atoms with Gasteiger partial charge in [-0.3, -0.25) is 9.48 Å². The number of hydrogen-bond donors (Lipinski definition) is 1. The molecule has 0 fully saturated rings. The highest BCUT2D eigenvalue weighted by atomic mass is 79.9. The van der Waals surface area contributed by atoms with Gasteiger partial charge in [0.1, 0.15) is 6.04 Å². The quantitative estimate of drug-likeness (QED) is 0.463. The van der Waals surface area contributed by atoms with Gasteiger partial charge in [0.05, 0.1) is 16.4 Å². The topological polar surface area (TPSA) is 50.2 Å². The van der Waals surface area contributed by atoms with E-state index in [2.05, 4.69) is 52.0 Å². The molecule has 150 valence electrons. The Morgan fingerprint density at radius 1 is 1.19 bits per heavy atom. The Kier molecular flexibility index (Phi) is 11.1. The summed E-state index contributed by atoms with van der Waals surface area (Å²) in [5.41, 5.74) is 0.973. The van der Waals surface area contributed by atoms with Crippen molar-refractivity contribution in [2.75, 3.05) is 19.6 Å². The molecule has 2 unspecified atom stereocenters. The van der Waals surface area contributed by atoms with Crippen LogP contribution in [0.3, 0.4) is 0 Å². The third-order valence-electron chi connectivity index (χ3n) is 4.81. The summed E-state index contributed by atoms with van der Waals surface area (Å²) in [6.45, 7) is 13.6. The van der Waals surface area contributed by atoms with Crippen LogP contribution in [-0.4, -0.2) is 46.3 Å². The lowest BCUT2D eigenvalue weighted by atomic mass is 10.2. The minimum Gasteiger partial charge on any atom is -0.351 e. The van der Waals surface area contributed by atoms with Gasteiger partial charge in [-0.2, -0.15) is 5.10 Å². The molecular formula is C20H37BrN4O. The van der Waals surface area contributed by atoms with E-state index in [0.29, 0.717) is 0 Å². The van der Waals surface area contributed by atoms with E-state index in [0.717, 1.165) is 29.8 Å². The minimum absolute atomic E-state index is 0.0262. The highest BCUT2D eigenvalue weighted by Crippen LogP contribution is 2.18. The van der Waals surface area contributed by atoms with Crippen LogP contribution in [0.2, 0.25) is 0 Å². The molecule has 1 aromatic heterocycles. The van der Waals surface area contributed by atoms with Gasteiger partial charge in [-0.05, 0) is 62.6 Å². The molecule has 1 heterocycles. The molecule has 5 nitrogen and oxygen atoms in total. The van der Waals surface area contributed by atoms with Crippen molar-refractivity contribution in [2.24, 2.45) is 0 Å². The van der Waals surface area contributed by atoms with Gasteiger partial charge in [-0.15, -0.1) is 0 Å². The number of hydrogen-bond acceptors (Lipinski definition) is 3. The van der Waals surface area contributed by atoms with Crippen molar-refractivity contribution in [1.82, 2.24) is 20.0 Å². The van der Waals surface area contributed by atoms with Crippen LogP contribution < -0.4 is 5.32 Å².